The second kappa shape index (κ2) is 6.68. The molecular weight excluding hydrogens is 343 g/mol. The molecule has 4 rings (SSSR count). The highest BCUT2D eigenvalue weighted by Gasteiger charge is 2.14. The van der Waals surface area contributed by atoms with Gasteiger partial charge in [0.15, 0.2) is 0 Å². The first-order chi connectivity index (χ1) is 13.1. The second-order valence-corrected chi connectivity index (χ2v) is 6.24. The zero-order chi connectivity index (χ0) is 19.0. The molecule has 0 saturated heterocycles. The molecule has 0 aliphatic carbocycles. The third-order valence-electron chi connectivity index (χ3n) is 4.66. The Balaban J connectivity index is 1.99. The van der Waals surface area contributed by atoms with Gasteiger partial charge in [-0.2, -0.15) is 4.98 Å². The summed E-state index contributed by atoms with van der Waals surface area (Å²) in [5, 5.41) is 0.718. The first-order valence-corrected chi connectivity index (χ1v) is 8.48. The van der Waals surface area contributed by atoms with E-state index in [1.807, 2.05) is 42.5 Å². The van der Waals surface area contributed by atoms with Crippen molar-refractivity contribution < 1.29 is 9.13 Å². The normalized spacial score (nSPS) is 10.9. The number of methoxy groups -OCH3 is 1. The van der Waals surface area contributed by atoms with Crippen LogP contribution in [-0.4, -0.2) is 16.7 Å². The summed E-state index contributed by atoms with van der Waals surface area (Å²) in [5.41, 5.74) is 2.88. The fourth-order valence-corrected chi connectivity index (χ4v) is 3.17. The van der Waals surface area contributed by atoms with Crippen LogP contribution in [0.2, 0.25) is 0 Å². The Morgan fingerprint density at radius 2 is 1.67 bits per heavy atom. The van der Waals surface area contributed by atoms with Gasteiger partial charge in [-0.05, 0) is 47.5 Å². The molecule has 0 bridgehead atoms. The minimum absolute atomic E-state index is 0.312. The maximum absolute atomic E-state index is 14.4. The average Bonchev–Trinajstić information content (AvgIpc) is 2.71. The van der Waals surface area contributed by atoms with Gasteiger partial charge in [-0.15, -0.1) is 0 Å². The van der Waals surface area contributed by atoms with Crippen molar-refractivity contribution in [1.29, 1.82) is 0 Å². The van der Waals surface area contributed by atoms with Crippen molar-refractivity contribution >= 4 is 10.9 Å². The molecule has 0 saturated carbocycles. The van der Waals surface area contributed by atoms with Crippen molar-refractivity contribution in [3.05, 3.63) is 83.0 Å². The molecule has 0 N–H and O–H groups in total. The van der Waals surface area contributed by atoms with Gasteiger partial charge in [0.2, 0.25) is 0 Å². The van der Waals surface area contributed by atoms with Gasteiger partial charge < -0.3 is 4.74 Å². The minimum Gasteiger partial charge on any atom is -0.497 e. The molecule has 0 aliphatic heterocycles. The van der Waals surface area contributed by atoms with E-state index < -0.39 is 11.5 Å². The predicted octanol–water partition coefficient (Wildman–Crippen LogP) is 4.42. The van der Waals surface area contributed by atoms with E-state index >= 15 is 0 Å². The molecule has 0 fully saturated rings. The summed E-state index contributed by atoms with van der Waals surface area (Å²) in [6, 6.07) is 19.8. The summed E-state index contributed by atoms with van der Waals surface area (Å²) >= 11 is 0. The smallest absolute Gasteiger partial charge is 0.348 e. The third kappa shape index (κ3) is 2.97. The Bertz CT molecular complexity index is 1200. The molecule has 1 heterocycles. The van der Waals surface area contributed by atoms with Gasteiger partial charge in [-0.1, -0.05) is 30.3 Å². The molecule has 0 radical (unpaired) electrons. The van der Waals surface area contributed by atoms with Crippen molar-refractivity contribution in [3.63, 3.8) is 0 Å². The lowest BCUT2D eigenvalue weighted by molar-refractivity contribution is 0.415. The van der Waals surface area contributed by atoms with Gasteiger partial charge in [0.25, 0.3) is 0 Å². The Kier molecular flexibility index (Phi) is 4.20. The number of hydrogen-bond donors (Lipinski definition) is 0. The number of aryl methyl sites for hydroxylation is 1. The van der Waals surface area contributed by atoms with E-state index in [1.54, 1.807) is 32.4 Å². The van der Waals surface area contributed by atoms with E-state index in [0.717, 1.165) is 22.3 Å². The van der Waals surface area contributed by atoms with Gasteiger partial charge >= 0.3 is 5.69 Å². The summed E-state index contributed by atoms with van der Waals surface area (Å²) in [4.78, 5) is 16.4. The van der Waals surface area contributed by atoms with Gasteiger partial charge in [-0.3, -0.25) is 4.57 Å². The van der Waals surface area contributed by atoms with Crippen LogP contribution in [0.1, 0.15) is 0 Å². The summed E-state index contributed by atoms with van der Waals surface area (Å²) in [5.74, 6) is 0.366. The highest BCUT2D eigenvalue weighted by molar-refractivity contribution is 5.95. The number of halogens is 1. The van der Waals surface area contributed by atoms with Crippen LogP contribution in [0.4, 0.5) is 4.39 Å². The van der Waals surface area contributed by atoms with Crippen LogP contribution >= 0.6 is 0 Å². The predicted molar refractivity (Wildman–Crippen MR) is 104 cm³/mol. The van der Waals surface area contributed by atoms with Gasteiger partial charge in [0.05, 0.1) is 18.3 Å². The molecule has 0 atom stereocenters. The fraction of sp³-hybridized carbons (Fsp3) is 0.0909. The maximum atomic E-state index is 14.4. The number of fused-ring (bicyclic) bond motifs is 1. The number of nitrogens with zero attached hydrogens (tertiary/aromatic N) is 2. The zero-order valence-electron chi connectivity index (χ0n) is 14.9. The number of benzene rings is 3. The zero-order valence-corrected chi connectivity index (χ0v) is 14.9. The molecule has 0 spiro atoms. The number of hydrogen-bond acceptors (Lipinski definition) is 3. The number of aromatic nitrogens is 2. The monoisotopic (exact) mass is 360 g/mol. The lowest BCUT2D eigenvalue weighted by Crippen LogP contribution is -2.21. The Hall–Kier alpha value is -3.47. The van der Waals surface area contributed by atoms with E-state index in [1.165, 1.54) is 10.6 Å². The van der Waals surface area contributed by atoms with Crippen LogP contribution in [0.3, 0.4) is 0 Å². The van der Waals surface area contributed by atoms with Crippen molar-refractivity contribution in [2.75, 3.05) is 7.11 Å². The molecule has 0 unspecified atom stereocenters. The van der Waals surface area contributed by atoms with Crippen molar-refractivity contribution in [3.8, 4) is 28.1 Å². The molecule has 5 heteroatoms. The lowest BCUT2D eigenvalue weighted by Gasteiger charge is -2.12. The summed E-state index contributed by atoms with van der Waals surface area (Å²) in [6.07, 6.45) is 0. The first kappa shape index (κ1) is 17.0. The molecule has 1 aromatic heterocycles. The topological polar surface area (TPSA) is 44.1 Å². The highest BCUT2D eigenvalue weighted by atomic mass is 19.1. The molecule has 0 amide bonds. The molecule has 134 valence electrons. The first-order valence-electron chi connectivity index (χ1n) is 8.48. The van der Waals surface area contributed by atoms with Crippen molar-refractivity contribution in [2.45, 2.75) is 0 Å². The summed E-state index contributed by atoms with van der Waals surface area (Å²) in [6.45, 7) is 0. The van der Waals surface area contributed by atoms with E-state index in [0.29, 0.717) is 16.8 Å². The standard InChI is InChI=1S/C22H17FN2O2/c1-25-20-12-9-15(14-7-10-16(27-2)11-8-14)13-18(20)21(24-22(25)26)17-5-3-4-6-19(17)23/h3-13H,1-2H3. The molecule has 27 heavy (non-hydrogen) atoms. The molecule has 3 aromatic carbocycles. The highest BCUT2D eigenvalue weighted by Crippen LogP contribution is 2.31. The lowest BCUT2D eigenvalue weighted by atomic mass is 10.00. The summed E-state index contributed by atoms with van der Waals surface area (Å²) < 4.78 is 21.1. The molecular formula is C22H17FN2O2. The molecule has 0 aliphatic rings. The van der Waals surface area contributed by atoms with E-state index in [4.69, 9.17) is 4.74 Å². The third-order valence-corrected chi connectivity index (χ3v) is 4.66. The minimum atomic E-state index is -0.419. The van der Waals surface area contributed by atoms with Gasteiger partial charge in [0.1, 0.15) is 11.6 Å². The van der Waals surface area contributed by atoms with Gasteiger partial charge in [0, 0.05) is 18.0 Å². The van der Waals surface area contributed by atoms with E-state index in [-0.39, 0.29) is 0 Å². The second-order valence-electron chi connectivity index (χ2n) is 6.24. The molecule has 4 nitrogen and oxygen atoms in total. The summed E-state index contributed by atoms with van der Waals surface area (Å²) in [7, 11) is 3.29. The largest absolute Gasteiger partial charge is 0.497 e. The number of ether oxygens (including phenoxy) is 1. The Morgan fingerprint density at radius 1 is 0.963 bits per heavy atom. The van der Waals surface area contributed by atoms with Crippen LogP contribution in [0.25, 0.3) is 33.3 Å². The maximum Gasteiger partial charge on any atom is 0.348 e. The number of rotatable bonds is 3. The Labute approximate surface area is 155 Å². The van der Waals surface area contributed by atoms with Crippen molar-refractivity contribution in [2.24, 2.45) is 7.05 Å². The van der Waals surface area contributed by atoms with Gasteiger partial charge in [-0.25, -0.2) is 9.18 Å². The van der Waals surface area contributed by atoms with Crippen LogP contribution in [0, 0.1) is 5.82 Å². The molecule has 4 aromatic rings. The van der Waals surface area contributed by atoms with Crippen LogP contribution in [0.15, 0.2) is 71.5 Å². The van der Waals surface area contributed by atoms with E-state index in [2.05, 4.69) is 4.98 Å². The van der Waals surface area contributed by atoms with E-state index in [9.17, 15) is 9.18 Å². The van der Waals surface area contributed by atoms with Crippen LogP contribution in [0.5, 0.6) is 5.75 Å². The average molecular weight is 360 g/mol. The van der Waals surface area contributed by atoms with Crippen LogP contribution < -0.4 is 10.4 Å². The van der Waals surface area contributed by atoms with Crippen molar-refractivity contribution in [1.82, 2.24) is 9.55 Å². The quantitative estimate of drug-likeness (QED) is 0.543. The Morgan fingerprint density at radius 3 is 2.37 bits per heavy atom. The SMILES string of the molecule is COc1ccc(-c2ccc3c(c2)c(-c2ccccc2F)nc(=O)n3C)cc1. The fourth-order valence-electron chi connectivity index (χ4n) is 3.17. The van der Waals surface area contributed by atoms with Crippen LogP contribution in [-0.2, 0) is 7.05 Å².